The molecule has 1 aromatic carbocycles. The molecule has 1 aliphatic rings. The molecule has 84 valence electrons. The van der Waals surface area contributed by atoms with E-state index in [1.54, 1.807) is 0 Å². The lowest BCUT2D eigenvalue weighted by Crippen LogP contribution is -2.20. The number of hydrogen-bond acceptors (Lipinski definition) is 2. The fourth-order valence-electron chi connectivity index (χ4n) is 2.46. The van der Waals surface area contributed by atoms with Crippen molar-refractivity contribution in [3.05, 3.63) is 28.9 Å². The van der Waals surface area contributed by atoms with E-state index in [4.69, 9.17) is 17.3 Å². The van der Waals surface area contributed by atoms with Crippen LogP contribution in [0.5, 0.6) is 0 Å². The van der Waals surface area contributed by atoms with Gasteiger partial charge in [0.2, 0.25) is 0 Å². The molecule has 1 heterocycles. The van der Waals surface area contributed by atoms with Gasteiger partial charge in [0, 0.05) is 24.4 Å². The van der Waals surface area contributed by atoms with Crippen molar-refractivity contribution >= 4 is 22.5 Å². The van der Waals surface area contributed by atoms with Crippen molar-refractivity contribution in [1.82, 2.24) is 9.78 Å². The minimum absolute atomic E-state index is 0.177. The molecule has 1 saturated carbocycles. The third-order valence-electron chi connectivity index (χ3n) is 3.64. The van der Waals surface area contributed by atoms with Crippen molar-refractivity contribution in [1.29, 1.82) is 0 Å². The van der Waals surface area contributed by atoms with E-state index in [-0.39, 0.29) is 5.41 Å². The molecule has 3 rings (SSSR count). The molecule has 1 aromatic heterocycles. The smallest absolute Gasteiger partial charge is 0.158 e. The van der Waals surface area contributed by atoms with Crippen LogP contribution in [0, 0.1) is 0 Å². The number of rotatable bonds is 2. The maximum absolute atomic E-state index is 6.10. The Bertz CT molecular complexity index is 555. The third-order valence-corrected chi connectivity index (χ3v) is 3.91. The number of aromatic nitrogens is 2. The highest BCUT2D eigenvalue weighted by atomic mass is 35.5. The zero-order valence-corrected chi connectivity index (χ0v) is 9.96. The van der Waals surface area contributed by atoms with Gasteiger partial charge in [-0.05, 0) is 24.5 Å². The van der Waals surface area contributed by atoms with Gasteiger partial charge in [0.15, 0.2) is 5.15 Å². The van der Waals surface area contributed by atoms with E-state index in [1.165, 1.54) is 18.4 Å². The first-order valence-electron chi connectivity index (χ1n) is 5.50. The van der Waals surface area contributed by atoms with Crippen LogP contribution in [-0.2, 0) is 12.5 Å². The Morgan fingerprint density at radius 1 is 1.50 bits per heavy atom. The fraction of sp³-hybridized carbons (Fsp3) is 0.417. The summed E-state index contributed by atoms with van der Waals surface area (Å²) < 4.78 is 1.86. The third kappa shape index (κ3) is 1.22. The summed E-state index contributed by atoms with van der Waals surface area (Å²) in [6, 6.07) is 6.21. The molecule has 4 heteroatoms. The van der Waals surface area contributed by atoms with Crippen LogP contribution in [0.3, 0.4) is 0 Å². The highest BCUT2D eigenvalue weighted by Crippen LogP contribution is 2.49. The second kappa shape index (κ2) is 3.22. The Labute approximate surface area is 99.2 Å². The Hall–Kier alpha value is -1.06. The van der Waals surface area contributed by atoms with Gasteiger partial charge in [-0.25, -0.2) is 0 Å². The van der Waals surface area contributed by atoms with Crippen LogP contribution in [-0.4, -0.2) is 16.3 Å². The summed E-state index contributed by atoms with van der Waals surface area (Å²) in [5, 5.41) is 5.87. The van der Waals surface area contributed by atoms with Gasteiger partial charge in [0.1, 0.15) is 0 Å². The van der Waals surface area contributed by atoms with Gasteiger partial charge in [-0.15, -0.1) is 0 Å². The topological polar surface area (TPSA) is 43.8 Å². The number of aryl methyl sites for hydroxylation is 1. The molecule has 0 spiro atoms. The van der Waals surface area contributed by atoms with Gasteiger partial charge in [0.25, 0.3) is 0 Å². The minimum Gasteiger partial charge on any atom is -0.330 e. The molecule has 0 amide bonds. The van der Waals surface area contributed by atoms with Gasteiger partial charge in [0.05, 0.1) is 5.52 Å². The van der Waals surface area contributed by atoms with Gasteiger partial charge in [-0.2, -0.15) is 5.10 Å². The molecule has 1 aliphatic carbocycles. The highest BCUT2D eigenvalue weighted by Gasteiger charge is 2.44. The number of hydrogen-bond donors (Lipinski definition) is 1. The maximum atomic E-state index is 6.10. The molecule has 0 radical (unpaired) electrons. The molecule has 0 bridgehead atoms. The Balaban J connectivity index is 2.33. The van der Waals surface area contributed by atoms with Crippen molar-refractivity contribution in [3.63, 3.8) is 0 Å². The molecule has 16 heavy (non-hydrogen) atoms. The SMILES string of the molecule is Cn1nc(Cl)c2cccc(C3(CN)CC3)c21. The average Bonchev–Trinajstić information content (AvgIpc) is 3.03. The Morgan fingerprint density at radius 2 is 2.25 bits per heavy atom. The minimum atomic E-state index is 0.177. The highest BCUT2D eigenvalue weighted by molar-refractivity contribution is 6.34. The standard InChI is InChI=1S/C12H14ClN3/c1-16-10-8(11(13)15-16)3-2-4-9(10)12(7-14)5-6-12/h2-4H,5-7,14H2,1H3. The largest absolute Gasteiger partial charge is 0.330 e. The summed E-state index contributed by atoms with van der Waals surface area (Å²) in [4.78, 5) is 0. The van der Waals surface area contributed by atoms with Crippen LogP contribution < -0.4 is 5.73 Å². The fourth-order valence-corrected chi connectivity index (χ4v) is 2.72. The van der Waals surface area contributed by atoms with Crippen LogP contribution in [0.1, 0.15) is 18.4 Å². The van der Waals surface area contributed by atoms with Gasteiger partial charge in [-0.1, -0.05) is 23.7 Å². The van der Waals surface area contributed by atoms with Gasteiger partial charge >= 0.3 is 0 Å². The molecule has 3 nitrogen and oxygen atoms in total. The zero-order valence-electron chi connectivity index (χ0n) is 9.20. The Morgan fingerprint density at radius 3 is 2.88 bits per heavy atom. The van der Waals surface area contributed by atoms with E-state index in [0.717, 1.165) is 10.9 Å². The molecule has 1 fully saturated rings. The van der Waals surface area contributed by atoms with Gasteiger partial charge in [-0.3, -0.25) is 4.68 Å². The summed E-state index contributed by atoms with van der Waals surface area (Å²) in [7, 11) is 1.93. The molecule has 2 aromatic rings. The van der Waals surface area contributed by atoms with E-state index in [1.807, 2.05) is 23.9 Å². The second-order valence-corrected chi connectivity index (χ2v) is 4.96. The maximum Gasteiger partial charge on any atom is 0.158 e. The summed E-state index contributed by atoms with van der Waals surface area (Å²) in [5.74, 6) is 0. The van der Waals surface area contributed by atoms with E-state index < -0.39 is 0 Å². The first kappa shape index (κ1) is 10.1. The number of nitrogens with zero attached hydrogens (tertiary/aromatic N) is 2. The van der Waals surface area contributed by atoms with E-state index in [0.29, 0.717) is 11.7 Å². The van der Waals surface area contributed by atoms with Crippen molar-refractivity contribution in [3.8, 4) is 0 Å². The monoisotopic (exact) mass is 235 g/mol. The molecule has 0 aliphatic heterocycles. The lowest BCUT2D eigenvalue weighted by Gasteiger charge is -2.14. The van der Waals surface area contributed by atoms with Crippen LogP contribution in [0.4, 0.5) is 0 Å². The predicted octanol–water partition coefficient (Wildman–Crippen LogP) is 2.22. The first-order valence-corrected chi connectivity index (χ1v) is 5.87. The quantitative estimate of drug-likeness (QED) is 0.868. The predicted molar refractivity (Wildman–Crippen MR) is 65.7 cm³/mol. The van der Waals surface area contributed by atoms with Crippen LogP contribution in [0.25, 0.3) is 10.9 Å². The van der Waals surface area contributed by atoms with Crippen molar-refractivity contribution in [2.45, 2.75) is 18.3 Å². The van der Waals surface area contributed by atoms with Crippen LogP contribution in [0.15, 0.2) is 18.2 Å². The summed E-state index contributed by atoms with van der Waals surface area (Å²) >= 11 is 6.10. The Kier molecular flexibility index (Phi) is 2.03. The van der Waals surface area contributed by atoms with Crippen LogP contribution >= 0.6 is 11.6 Å². The average molecular weight is 236 g/mol. The number of halogens is 1. The number of benzene rings is 1. The molecular weight excluding hydrogens is 222 g/mol. The van der Waals surface area contributed by atoms with Crippen molar-refractivity contribution in [2.75, 3.05) is 6.54 Å². The van der Waals surface area contributed by atoms with Crippen LogP contribution in [0.2, 0.25) is 5.15 Å². The molecular formula is C12H14ClN3. The second-order valence-electron chi connectivity index (χ2n) is 4.60. The molecule has 0 atom stereocenters. The van der Waals surface area contributed by atoms with E-state index in [2.05, 4.69) is 11.2 Å². The number of nitrogens with two attached hydrogens (primary N) is 1. The summed E-state index contributed by atoms with van der Waals surface area (Å²) in [5.41, 5.74) is 8.50. The summed E-state index contributed by atoms with van der Waals surface area (Å²) in [6.07, 6.45) is 2.34. The van der Waals surface area contributed by atoms with Gasteiger partial charge < -0.3 is 5.73 Å². The van der Waals surface area contributed by atoms with E-state index in [9.17, 15) is 0 Å². The normalized spacial score (nSPS) is 17.9. The van der Waals surface area contributed by atoms with E-state index >= 15 is 0 Å². The zero-order chi connectivity index (χ0) is 11.3. The number of fused-ring (bicyclic) bond motifs is 1. The van der Waals surface area contributed by atoms with Crippen molar-refractivity contribution in [2.24, 2.45) is 12.8 Å². The summed E-state index contributed by atoms with van der Waals surface area (Å²) in [6.45, 7) is 0.703. The van der Waals surface area contributed by atoms with Crippen molar-refractivity contribution < 1.29 is 0 Å². The lowest BCUT2D eigenvalue weighted by atomic mass is 9.94. The molecule has 2 N–H and O–H groups in total. The lowest BCUT2D eigenvalue weighted by molar-refractivity contribution is 0.698. The number of para-hydroxylation sites is 1. The first-order chi connectivity index (χ1) is 7.68. The molecule has 0 saturated heterocycles. The molecule has 0 unspecified atom stereocenters.